The van der Waals surface area contributed by atoms with E-state index in [1.807, 2.05) is 6.20 Å². The van der Waals surface area contributed by atoms with Crippen molar-refractivity contribution in [2.24, 2.45) is 0 Å². The number of aromatic nitrogens is 3. The first-order valence-corrected chi connectivity index (χ1v) is 5.17. The average Bonchev–Trinajstić information content (AvgIpc) is 2.52. The molecule has 80 valence electrons. The third kappa shape index (κ3) is 3.10. The normalized spacial score (nSPS) is 12.0. The Bertz CT molecular complexity index is 275. The summed E-state index contributed by atoms with van der Waals surface area (Å²) in [4.78, 5) is 0. The van der Waals surface area contributed by atoms with Crippen molar-refractivity contribution in [2.45, 2.75) is 52.2 Å². The van der Waals surface area contributed by atoms with Gasteiger partial charge in [-0.05, 0) is 20.3 Å². The van der Waals surface area contributed by atoms with Crippen molar-refractivity contribution in [3.63, 3.8) is 0 Å². The summed E-state index contributed by atoms with van der Waals surface area (Å²) in [6.07, 6.45) is 5.34. The minimum Gasteiger partial charge on any atom is -0.384 e. The van der Waals surface area contributed by atoms with Crippen molar-refractivity contribution < 1.29 is 5.11 Å². The molecule has 1 N–H and O–H groups in total. The lowest BCUT2D eigenvalue weighted by atomic mass is 10.1. The third-order valence-corrected chi connectivity index (χ3v) is 2.16. The Morgan fingerprint density at radius 3 is 2.64 bits per heavy atom. The quantitative estimate of drug-likeness (QED) is 0.731. The molecule has 0 radical (unpaired) electrons. The number of nitrogens with zero attached hydrogens (tertiary/aromatic N) is 3. The van der Waals surface area contributed by atoms with Gasteiger partial charge in [0.15, 0.2) is 0 Å². The molecule has 0 unspecified atom stereocenters. The maximum Gasteiger partial charge on any atom is 0.114 e. The van der Waals surface area contributed by atoms with Crippen LogP contribution >= 0.6 is 0 Å². The Morgan fingerprint density at radius 2 is 2.14 bits per heavy atom. The smallest absolute Gasteiger partial charge is 0.114 e. The predicted molar refractivity (Wildman–Crippen MR) is 54.8 cm³/mol. The van der Waals surface area contributed by atoms with Crippen molar-refractivity contribution in [1.82, 2.24) is 15.0 Å². The van der Waals surface area contributed by atoms with Crippen LogP contribution in [0.3, 0.4) is 0 Å². The van der Waals surface area contributed by atoms with E-state index in [0.717, 1.165) is 13.0 Å². The predicted octanol–water partition coefficient (Wildman–Crippen LogP) is 1.70. The van der Waals surface area contributed by atoms with Gasteiger partial charge in [0, 0.05) is 6.54 Å². The first-order valence-electron chi connectivity index (χ1n) is 5.17. The van der Waals surface area contributed by atoms with Gasteiger partial charge in [0.25, 0.3) is 0 Å². The van der Waals surface area contributed by atoms with E-state index in [2.05, 4.69) is 17.2 Å². The van der Waals surface area contributed by atoms with Crippen LogP contribution in [-0.2, 0) is 12.1 Å². The fourth-order valence-electron chi connectivity index (χ4n) is 1.21. The molecule has 1 aromatic heterocycles. The van der Waals surface area contributed by atoms with Crippen molar-refractivity contribution in [1.29, 1.82) is 0 Å². The number of rotatable bonds is 5. The van der Waals surface area contributed by atoms with E-state index in [0.29, 0.717) is 5.69 Å². The van der Waals surface area contributed by atoms with Crippen LogP contribution in [-0.4, -0.2) is 20.1 Å². The minimum absolute atomic E-state index is 0.633. The van der Waals surface area contributed by atoms with Gasteiger partial charge in [-0.2, -0.15) is 0 Å². The molecule has 0 spiro atoms. The summed E-state index contributed by atoms with van der Waals surface area (Å²) < 4.78 is 1.79. The van der Waals surface area contributed by atoms with Crippen LogP contribution in [0.25, 0.3) is 0 Å². The average molecular weight is 197 g/mol. The van der Waals surface area contributed by atoms with Gasteiger partial charge < -0.3 is 5.11 Å². The third-order valence-electron chi connectivity index (χ3n) is 2.16. The molecular formula is C10H19N3O. The second-order valence-corrected chi connectivity index (χ2v) is 4.13. The number of hydrogen-bond acceptors (Lipinski definition) is 3. The summed E-state index contributed by atoms with van der Waals surface area (Å²) in [5, 5.41) is 17.5. The molecule has 0 saturated heterocycles. The highest BCUT2D eigenvalue weighted by Gasteiger charge is 2.19. The van der Waals surface area contributed by atoms with E-state index in [1.54, 1.807) is 18.5 Å². The molecule has 14 heavy (non-hydrogen) atoms. The first-order chi connectivity index (χ1) is 6.54. The lowest BCUT2D eigenvalue weighted by molar-refractivity contribution is 0.0737. The molecule has 0 saturated carbocycles. The van der Waals surface area contributed by atoms with Crippen molar-refractivity contribution in [3.8, 4) is 0 Å². The highest BCUT2D eigenvalue weighted by molar-refractivity contribution is 5.02. The maximum absolute atomic E-state index is 9.66. The van der Waals surface area contributed by atoms with Crippen LogP contribution in [0.15, 0.2) is 6.20 Å². The second-order valence-electron chi connectivity index (χ2n) is 4.13. The molecule has 0 aromatic carbocycles. The molecule has 0 aliphatic carbocycles. The summed E-state index contributed by atoms with van der Waals surface area (Å²) >= 11 is 0. The van der Waals surface area contributed by atoms with Crippen LogP contribution in [0, 0.1) is 0 Å². The van der Waals surface area contributed by atoms with Crippen LogP contribution in [0.1, 0.15) is 45.7 Å². The van der Waals surface area contributed by atoms with Gasteiger partial charge >= 0.3 is 0 Å². The van der Waals surface area contributed by atoms with Gasteiger partial charge in [-0.1, -0.05) is 25.0 Å². The molecule has 4 nitrogen and oxygen atoms in total. The van der Waals surface area contributed by atoms with Gasteiger partial charge in [0.1, 0.15) is 11.3 Å². The fraction of sp³-hybridized carbons (Fsp3) is 0.800. The number of aliphatic hydroxyl groups is 1. The Hall–Kier alpha value is -0.900. The van der Waals surface area contributed by atoms with Crippen LogP contribution < -0.4 is 0 Å². The van der Waals surface area contributed by atoms with Gasteiger partial charge in [-0.15, -0.1) is 5.10 Å². The van der Waals surface area contributed by atoms with Crippen molar-refractivity contribution >= 4 is 0 Å². The summed E-state index contributed by atoms with van der Waals surface area (Å²) in [7, 11) is 0. The summed E-state index contributed by atoms with van der Waals surface area (Å²) in [5.74, 6) is 0. The SMILES string of the molecule is CCCCCn1cc(C(C)(C)O)nn1. The van der Waals surface area contributed by atoms with E-state index < -0.39 is 5.60 Å². The van der Waals surface area contributed by atoms with Crippen LogP contribution in [0.5, 0.6) is 0 Å². The zero-order valence-electron chi connectivity index (χ0n) is 9.19. The molecule has 0 fully saturated rings. The molecule has 0 bridgehead atoms. The molecule has 0 amide bonds. The second kappa shape index (κ2) is 4.55. The lowest BCUT2D eigenvalue weighted by Crippen LogP contribution is -2.15. The molecular weight excluding hydrogens is 178 g/mol. The summed E-state index contributed by atoms with van der Waals surface area (Å²) in [5.41, 5.74) is -0.253. The lowest BCUT2D eigenvalue weighted by Gasteiger charge is -2.11. The Labute approximate surface area is 84.9 Å². The molecule has 0 aliphatic heterocycles. The van der Waals surface area contributed by atoms with Gasteiger partial charge in [0.2, 0.25) is 0 Å². The van der Waals surface area contributed by atoms with Gasteiger partial charge in [-0.3, -0.25) is 4.68 Å². The van der Waals surface area contributed by atoms with E-state index in [1.165, 1.54) is 12.8 Å². The Kier molecular flexibility index (Phi) is 3.63. The number of hydrogen-bond donors (Lipinski definition) is 1. The molecule has 1 rings (SSSR count). The molecule has 4 heteroatoms. The topological polar surface area (TPSA) is 50.9 Å². The zero-order chi connectivity index (χ0) is 10.6. The van der Waals surface area contributed by atoms with E-state index in [9.17, 15) is 5.11 Å². The van der Waals surface area contributed by atoms with Crippen molar-refractivity contribution in [3.05, 3.63) is 11.9 Å². The Morgan fingerprint density at radius 1 is 1.43 bits per heavy atom. The maximum atomic E-state index is 9.66. The zero-order valence-corrected chi connectivity index (χ0v) is 9.19. The summed E-state index contributed by atoms with van der Waals surface area (Å²) in [6.45, 7) is 6.49. The standard InChI is InChI=1S/C10H19N3O/c1-4-5-6-7-13-8-9(11-12-13)10(2,3)14/h8,14H,4-7H2,1-3H3. The largest absolute Gasteiger partial charge is 0.384 e. The Balaban J connectivity index is 2.51. The number of unbranched alkanes of at least 4 members (excludes halogenated alkanes) is 2. The molecule has 0 atom stereocenters. The van der Waals surface area contributed by atoms with E-state index >= 15 is 0 Å². The van der Waals surface area contributed by atoms with E-state index in [4.69, 9.17) is 0 Å². The van der Waals surface area contributed by atoms with Crippen molar-refractivity contribution in [2.75, 3.05) is 0 Å². The first kappa shape index (κ1) is 11.2. The van der Waals surface area contributed by atoms with E-state index in [-0.39, 0.29) is 0 Å². The molecule has 1 heterocycles. The molecule has 1 aromatic rings. The van der Waals surface area contributed by atoms with Crippen LogP contribution in [0.2, 0.25) is 0 Å². The highest BCUT2D eigenvalue weighted by atomic mass is 16.3. The minimum atomic E-state index is -0.886. The highest BCUT2D eigenvalue weighted by Crippen LogP contribution is 2.15. The number of aryl methyl sites for hydroxylation is 1. The monoisotopic (exact) mass is 197 g/mol. The van der Waals surface area contributed by atoms with Crippen LogP contribution in [0.4, 0.5) is 0 Å². The van der Waals surface area contributed by atoms with Gasteiger partial charge in [0.05, 0.1) is 6.20 Å². The fourth-order valence-corrected chi connectivity index (χ4v) is 1.21. The van der Waals surface area contributed by atoms with Gasteiger partial charge in [-0.25, -0.2) is 0 Å². The summed E-state index contributed by atoms with van der Waals surface area (Å²) in [6, 6.07) is 0. The molecule has 0 aliphatic rings.